The first-order chi connectivity index (χ1) is 2.77. The molecule has 6 nitrogen and oxygen atoms in total. The Bertz CT molecular complexity index is 73.5. The number of hydrogen-bond donors (Lipinski definition) is 0. The maximum absolute atomic E-state index is 9.18. The predicted octanol–water partition coefficient (Wildman–Crippen LogP) is -6.33. The van der Waals surface area contributed by atoms with Crippen molar-refractivity contribution in [2.24, 2.45) is 0 Å². The van der Waals surface area contributed by atoms with Gasteiger partial charge in [0.05, 0.1) is 0 Å². The summed E-state index contributed by atoms with van der Waals surface area (Å²) < 4.78 is 12.6. The van der Waals surface area contributed by atoms with Gasteiger partial charge in [0.2, 0.25) is 0 Å². The SMILES string of the molecule is O.O.[Na+].[O]=[Al][O]C(=O)[O-]. The number of carboxylic acid groups (broad SMARTS) is 1. The van der Waals surface area contributed by atoms with E-state index < -0.39 is 21.6 Å². The molecule has 0 saturated heterocycles. The van der Waals surface area contributed by atoms with Gasteiger partial charge in [-0.2, -0.15) is 0 Å². The Morgan fingerprint density at radius 2 is 1.78 bits per heavy atom. The molecule has 0 aliphatic rings. The average Bonchev–Trinajstić information content (AvgIpc) is 1.35. The van der Waals surface area contributed by atoms with E-state index in [0.29, 0.717) is 0 Å². The van der Waals surface area contributed by atoms with E-state index in [0.717, 1.165) is 0 Å². The van der Waals surface area contributed by atoms with Crippen LogP contribution >= 0.6 is 0 Å². The molecule has 0 radical (unpaired) electrons. The third-order valence-electron chi connectivity index (χ3n) is 0.144. The van der Waals surface area contributed by atoms with Gasteiger partial charge >= 0.3 is 68.7 Å². The molecule has 0 bridgehead atoms. The van der Waals surface area contributed by atoms with E-state index in [1.807, 2.05) is 0 Å². The Hall–Kier alpha value is 0.522. The zero-order valence-electron chi connectivity index (χ0n) is 4.71. The Labute approximate surface area is 79.4 Å². The molecule has 0 aromatic heterocycles. The summed E-state index contributed by atoms with van der Waals surface area (Å²) >= 11 is -1.66. The van der Waals surface area contributed by atoms with Gasteiger partial charge in [-0.25, -0.2) is 0 Å². The van der Waals surface area contributed by atoms with Crippen molar-refractivity contribution in [1.29, 1.82) is 0 Å². The summed E-state index contributed by atoms with van der Waals surface area (Å²) in [5, 5.41) is 9.09. The first-order valence-corrected chi connectivity index (χ1v) is 2.03. The van der Waals surface area contributed by atoms with E-state index >= 15 is 0 Å². The van der Waals surface area contributed by atoms with E-state index in [1.165, 1.54) is 0 Å². The zero-order chi connectivity index (χ0) is 4.99. The molecule has 0 aromatic rings. The molecule has 0 aliphatic carbocycles. The standard InChI is InChI=1S/CH2O3.Al.Na.2H2O.O/c2-1(3)4;;;;;/h(H2,2,3,4);;;2*1H2;/q;2*+1;;;/p-2. The van der Waals surface area contributed by atoms with Gasteiger partial charge in [0, 0.05) is 0 Å². The second-order valence-corrected chi connectivity index (χ2v) is 0.892. The minimum absolute atomic E-state index is 0. The fourth-order valence-corrected chi connectivity index (χ4v) is 0.118. The van der Waals surface area contributed by atoms with Crippen molar-refractivity contribution in [3.05, 3.63) is 0 Å². The molecular weight excluding hydrogens is 158 g/mol. The van der Waals surface area contributed by atoms with Gasteiger partial charge in [0.15, 0.2) is 0 Å². The molecule has 48 valence electrons. The van der Waals surface area contributed by atoms with Crippen LogP contribution in [0.5, 0.6) is 0 Å². The van der Waals surface area contributed by atoms with Gasteiger partial charge in [0.25, 0.3) is 0 Å². The van der Waals surface area contributed by atoms with Crippen molar-refractivity contribution in [2.45, 2.75) is 0 Å². The number of carbonyl (C=O) groups is 1. The quantitative estimate of drug-likeness (QED) is 0.355. The Morgan fingerprint density at radius 3 is 1.78 bits per heavy atom. The van der Waals surface area contributed by atoms with Crippen LogP contribution in [0.2, 0.25) is 0 Å². The van der Waals surface area contributed by atoms with E-state index in [-0.39, 0.29) is 40.5 Å². The van der Waals surface area contributed by atoms with Crippen LogP contribution in [-0.2, 0) is 7.59 Å². The van der Waals surface area contributed by atoms with E-state index in [2.05, 4.69) is 3.79 Å². The molecule has 0 rings (SSSR count). The molecular formula is CH4AlNaO6. The van der Waals surface area contributed by atoms with Crippen molar-refractivity contribution in [3.63, 3.8) is 0 Å². The van der Waals surface area contributed by atoms with Gasteiger partial charge in [-0.3, -0.25) is 0 Å². The van der Waals surface area contributed by atoms with Crippen LogP contribution in [0.15, 0.2) is 0 Å². The molecule has 0 fully saturated rings. The maximum atomic E-state index is 9.18. The number of hydrogen-bond acceptors (Lipinski definition) is 4. The summed E-state index contributed by atoms with van der Waals surface area (Å²) in [6, 6.07) is 0. The van der Waals surface area contributed by atoms with E-state index in [1.54, 1.807) is 0 Å². The summed E-state index contributed by atoms with van der Waals surface area (Å²) in [6.07, 6.45) is -1.74. The van der Waals surface area contributed by atoms with Crippen molar-refractivity contribution in [2.75, 3.05) is 0 Å². The molecule has 0 atom stereocenters. The van der Waals surface area contributed by atoms with Crippen LogP contribution in [-0.4, -0.2) is 32.6 Å². The summed E-state index contributed by atoms with van der Waals surface area (Å²) in [7, 11) is 0. The summed E-state index contributed by atoms with van der Waals surface area (Å²) in [5.74, 6) is 0. The normalized spacial score (nSPS) is 4.00. The van der Waals surface area contributed by atoms with E-state index in [4.69, 9.17) is 9.90 Å². The average molecular weight is 162 g/mol. The second-order valence-electron chi connectivity index (χ2n) is 0.464. The van der Waals surface area contributed by atoms with Crippen LogP contribution in [0.3, 0.4) is 0 Å². The first-order valence-electron chi connectivity index (χ1n) is 1.08. The summed E-state index contributed by atoms with van der Waals surface area (Å²) in [4.78, 5) is 9.09. The van der Waals surface area contributed by atoms with Crippen LogP contribution in [0, 0.1) is 0 Å². The first kappa shape index (κ1) is 22.7. The molecule has 0 heterocycles. The van der Waals surface area contributed by atoms with Gasteiger partial charge < -0.3 is 11.0 Å². The Morgan fingerprint density at radius 1 is 1.44 bits per heavy atom. The molecule has 4 N–H and O–H groups in total. The summed E-state index contributed by atoms with van der Waals surface area (Å²) in [5.41, 5.74) is 0. The zero-order valence-corrected chi connectivity index (χ0v) is 7.87. The van der Waals surface area contributed by atoms with E-state index in [9.17, 15) is 3.80 Å². The third-order valence-corrected chi connectivity index (χ3v) is 0.433. The van der Waals surface area contributed by atoms with Crippen LogP contribution in [0.25, 0.3) is 0 Å². The summed E-state index contributed by atoms with van der Waals surface area (Å²) in [6.45, 7) is 0. The second kappa shape index (κ2) is 15.8. The van der Waals surface area contributed by atoms with Gasteiger partial charge in [-0.15, -0.1) is 0 Å². The van der Waals surface area contributed by atoms with Crippen molar-refractivity contribution in [3.8, 4) is 0 Å². The molecule has 9 heavy (non-hydrogen) atoms. The monoisotopic (exact) mass is 162 g/mol. The molecule has 0 amide bonds. The fraction of sp³-hybridized carbons (Fsp3) is 0. The fourth-order valence-electron chi connectivity index (χ4n) is 0.0393. The minimum atomic E-state index is -1.74. The number of rotatable bonds is 1. The van der Waals surface area contributed by atoms with Crippen LogP contribution in [0.4, 0.5) is 4.79 Å². The number of carbonyl (C=O) groups excluding carboxylic acids is 1. The van der Waals surface area contributed by atoms with Crippen molar-refractivity contribution >= 4 is 21.6 Å². The van der Waals surface area contributed by atoms with Gasteiger partial charge in [-0.1, -0.05) is 0 Å². The topological polar surface area (TPSA) is 129 Å². The van der Waals surface area contributed by atoms with Gasteiger partial charge in [0.1, 0.15) is 0 Å². The third kappa shape index (κ3) is 29.2. The van der Waals surface area contributed by atoms with Crippen molar-refractivity contribution < 1.29 is 58.0 Å². The van der Waals surface area contributed by atoms with Gasteiger partial charge in [-0.05, 0) is 0 Å². The van der Waals surface area contributed by atoms with Crippen LogP contribution in [0.1, 0.15) is 0 Å². The molecule has 0 aliphatic heterocycles. The molecule has 8 heteroatoms. The molecule has 0 unspecified atom stereocenters. The molecule has 0 spiro atoms. The van der Waals surface area contributed by atoms with Crippen LogP contribution < -0.4 is 34.7 Å². The molecule has 0 saturated carbocycles. The Balaban J connectivity index is -0.0000000417. The molecule has 0 aromatic carbocycles. The predicted molar refractivity (Wildman–Crippen MR) is 20.1 cm³/mol. The van der Waals surface area contributed by atoms with Crippen molar-refractivity contribution in [1.82, 2.24) is 0 Å². The Kier molecular flexibility index (Phi) is 39.8.